The third kappa shape index (κ3) is 8.01. The van der Waals surface area contributed by atoms with Gasteiger partial charge in [0, 0.05) is 6.54 Å². The lowest BCUT2D eigenvalue weighted by Gasteiger charge is -2.03. The molecule has 0 unspecified atom stereocenters. The molecule has 0 aromatic heterocycles. The first kappa shape index (κ1) is 14.0. The van der Waals surface area contributed by atoms with Crippen LogP contribution in [0.15, 0.2) is 24.3 Å². The second-order valence-corrected chi connectivity index (χ2v) is 3.45. The van der Waals surface area contributed by atoms with Crippen molar-refractivity contribution in [2.45, 2.75) is 33.6 Å². The molecule has 0 saturated carbocycles. The summed E-state index contributed by atoms with van der Waals surface area (Å²) in [5.74, 6) is 0.899. The molecule has 0 aliphatic carbocycles. The SMILES string of the molecule is CCCC.Cc1cccc(OCCN)c1. The zero-order valence-corrected chi connectivity index (χ0v) is 10.1. The van der Waals surface area contributed by atoms with Crippen LogP contribution in [-0.2, 0) is 0 Å². The van der Waals surface area contributed by atoms with E-state index in [4.69, 9.17) is 10.5 Å². The van der Waals surface area contributed by atoms with Gasteiger partial charge in [-0.1, -0.05) is 38.8 Å². The molecule has 1 aromatic rings. The average molecular weight is 209 g/mol. The minimum Gasteiger partial charge on any atom is -0.492 e. The van der Waals surface area contributed by atoms with Crippen LogP contribution in [0.4, 0.5) is 0 Å². The summed E-state index contributed by atoms with van der Waals surface area (Å²) in [6.45, 7) is 7.55. The van der Waals surface area contributed by atoms with E-state index in [0.717, 1.165) is 5.75 Å². The van der Waals surface area contributed by atoms with Crippen molar-refractivity contribution in [3.8, 4) is 5.75 Å². The molecule has 1 aromatic carbocycles. The van der Waals surface area contributed by atoms with Crippen LogP contribution in [-0.4, -0.2) is 13.2 Å². The molecule has 0 bridgehead atoms. The molecule has 0 heterocycles. The van der Waals surface area contributed by atoms with Gasteiger partial charge in [0.05, 0.1) is 0 Å². The molecule has 2 nitrogen and oxygen atoms in total. The van der Waals surface area contributed by atoms with Crippen LogP contribution in [0.25, 0.3) is 0 Å². The summed E-state index contributed by atoms with van der Waals surface area (Å²) < 4.78 is 5.31. The van der Waals surface area contributed by atoms with Crippen LogP contribution in [0.5, 0.6) is 5.75 Å². The second kappa shape index (κ2) is 9.53. The molecule has 2 heteroatoms. The van der Waals surface area contributed by atoms with Gasteiger partial charge < -0.3 is 10.5 Å². The Balaban J connectivity index is 0.000000423. The summed E-state index contributed by atoms with van der Waals surface area (Å²) >= 11 is 0. The standard InChI is InChI=1S/C9H13NO.C4H10/c1-8-3-2-4-9(7-8)11-6-5-10;1-3-4-2/h2-4,7H,5-6,10H2,1H3;3-4H2,1-2H3. The van der Waals surface area contributed by atoms with Crippen LogP contribution < -0.4 is 10.5 Å². The molecule has 0 aliphatic heterocycles. The highest BCUT2D eigenvalue weighted by Gasteiger charge is 1.90. The number of benzene rings is 1. The van der Waals surface area contributed by atoms with E-state index in [1.807, 2.05) is 31.2 Å². The first-order valence-electron chi connectivity index (χ1n) is 5.64. The Hall–Kier alpha value is -1.02. The predicted molar refractivity (Wildman–Crippen MR) is 66.3 cm³/mol. The predicted octanol–water partition coefficient (Wildman–Crippen LogP) is 3.14. The van der Waals surface area contributed by atoms with Crippen molar-refractivity contribution in [1.29, 1.82) is 0 Å². The Kier molecular flexibility index (Phi) is 8.88. The molecule has 0 spiro atoms. The van der Waals surface area contributed by atoms with Gasteiger partial charge in [0.2, 0.25) is 0 Å². The van der Waals surface area contributed by atoms with Crippen molar-refractivity contribution in [2.75, 3.05) is 13.2 Å². The van der Waals surface area contributed by atoms with E-state index in [9.17, 15) is 0 Å². The van der Waals surface area contributed by atoms with Gasteiger partial charge in [-0.3, -0.25) is 0 Å². The smallest absolute Gasteiger partial charge is 0.119 e. The number of ether oxygens (including phenoxy) is 1. The molecule has 0 radical (unpaired) electrons. The lowest BCUT2D eigenvalue weighted by molar-refractivity contribution is 0.328. The molecule has 1 rings (SSSR count). The van der Waals surface area contributed by atoms with Gasteiger partial charge in [0.15, 0.2) is 0 Å². The fourth-order valence-electron chi connectivity index (χ4n) is 0.882. The van der Waals surface area contributed by atoms with E-state index in [1.165, 1.54) is 18.4 Å². The Morgan fingerprint density at radius 2 is 1.87 bits per heavy atom. The number of hydrogen-bond donors (Lipinski definition) is 1. The summed E-state index contributed by atoms with van der Waals surface area (Å²) in [4.78, 5) is 0. The molecule has 0 aliphatic rings. The van der Waals surface area contributed by atoms with Gasteiger partial charge in [-0.05, 0) is 24.6 Å². The number of rotatable bonds is 4. The molecular weight excluding hydrogens is 186 g/mol. The Morgan fingerprint density at radius 1 is 1.20 bits per heavy atom. The van der Waals surface area contributed by atoms with Crippen LogP contribution in [0, 0.1) is 6.92 Å². The van der Waals surface area contributed by atoms with E-state index < -0.39 is 0 Å². The van der Waals surface area contributed by atoms with Gasteiger partial charge in [-0.2, -0.15) is 0 Å². The van der Waals surface area contributed by atoms with E-state index in [0.29, 0.717) is 13.2 Å². The van der Waals surface area contributed by atoms with Gasteiger partial charge in [-0.25, -0.2) is 0 Å². The number of unbranched alkanes of at least 4 members (excludes halogenated alkanes) is 1. The molecule has 2 N–H and O–H groups in total. The fourth-order valence-corrected chi connectivity index (χ4v) is 0.882. The van der Waals surface area contributed by atoms with E-state index in [2.05, 4.69) is 13.8 Å². The van der Waals surface area contributed by atoms with Gasteiger partial charge >= 0.3 is 0 Å². The van der Waals surface area contributed by atoms with Gasteiger partial charge in [0.1, 0.15) is 12.4 Å². The van der Waals surface area contributed by atoms with Crippen LogP contribution in [0.2, 0.25) is 0 Å². The molecule has 0 saturated heterocycles. The normalized spacial score (nSPS) is 9.07. The summed E-state index contributed by atoms with van der Waals surface area (Å²) in [6, 6.07) is 7.94. The number of hydrogen-bond acceptors (Lipinski definition) is 2. The molecule has 86 valence electrons. The highest BCUT2D eigenvalue weighted by molar-refractivity contribution is 5.27. The maximum Gasteiger partial charge on any atom is 0.119 e. The zero-order valence-electron chi connectivity index (χ0n) is 10.1. The van der Waals surface area contributed by atoms with Gasteiger partial charge in [-0.15, -0.1) is 0 Å². The third-order valence-electron chi connectivity index (χ3n) is 1.88. The summed E-state index contributed by atoms with van der Waals surface area (Å²) in [5.41, 5.74) is 6.50. The zero-order chi connectivity index (χ0) is 11.5. The maximum absolute atomic E-state index is 5.31. The Labute approximate surface area is 93.4 Å². The number of aryl methyl sites for hydroxylation is 1. The molecular formula is C13H23NO. The summed E-state index contributed by atoms with van der Waals surface area (Å²) in [7, 11) is 0. The lowest BCUT2D eigenvalue weighted by atomic mass is 10.2. The third-order valence-corrected chi connectivity index (χ3v) is 1.88. The first-order valence-corrected chi connectivity index (χ1v) is 5.64. The Bertz CT molecular complexity index is 246. The van der Waals surface area contributed by atoms with Crippen molar-refractivity contribution in [1.82, 2.24) is 0 Å². The van der Waals surface area contributed by atoms with E-state index in [1.54, 1.807) is 0 Å². The van der Waals surface area contributed by atoms with Crippen LogP contribution >= 0.6 is 0 Å². The number of nitrogens with two attached hydrogens (primary N) is 1. The minimum absolute atomic E-state index is 0.563. The summed E-state index contributed by atoms with van der Waals surface area (Å²) in [5, 5.41) is 0. The highest BCUT2D eigenvalue weighted by Crippen LogP contribution is 2.11. The molecule has 0 atom stereocenters. The topological polar surface area (TPSA) is 35.2 Å². The maximum atomic E-state index is 5.31. The van der Waals surface area contributed by atoms with Crippen molar-refractivity contribution < 1.29 is 4.74 Å². The quantitative estimate of drug-likeness (QED) is 0.826. The monoisotopic (exact) mass is 209 g/mol. The van der Waals surface area contributed by atoms with Crippen LogP contribution in [0.1, 0.15) is 32.3 Å². The van der Waals surface area contributed by atoms with Crippen LogP contribution in [0.3, 0.4) is 0 Å². The van der Waals surface area contributed by atoms with Crippen molar-refractivity contribution >= 4 is 0 Å². The van der Waals surface area contributed by atoms with Crippen molar-refractivity contribution in [2.24, 2.45) is 5.73 Å². The first-order chi connectivity index (χ1) is 7.24. The van der Waals surface area contributed by atoms with Crippen molar-refractivity contribution in [3.63, 3.8) is 0 Å². The molecule has 0 amide bonds. The minimum atomic E-state index is 0.563. The Morgan fingerprint density at radius 3 is 2.33 bits per heavy atom. The van der Waals surface area contributed by atoms with Crippen molar-refractivity contribution in [3.05, 3.63) is 29.8 Å². The summed E-state index contributed by atoms with van der Waals surface area (Å²) in [6.07, 6.45) is 2.64. The average Bonchev–Trinajstić information content (AvgIpc) is 2.27. The van der Waals surface area contributed by atoms with Gasteiger partial charge in [0.25, 0.3) is 0 Å². The van der Waals surface area contributed by atoms with E-state index >= 15 is 0 Å². The lowest BCUT2D eigenvalue weighted by Crippen LogP contribution is -2.10. The molecule has 15 heavy (non-hydrogen) atoms. The highest BCUT2D eigenvalue weighted by atomic mass is 16.5. The fraction of sp³-hybridized carbons (Fsp3) is 0.538. The second-order valence-electron chi connectivity index (χ2n) is 3.45. The largest absolute Gasteiger partial charge is 0.492 e. The van der Waals surface area contributed by atoms with E-state index in [-0.39, 0.29) is 0 Å². The molecule has 0 fully saturated rings.